The van der Waals surface area contributed by atoms with Gasteiger partial charge in [-0.2, -0.15) is 5.10 Å². The Hall–Kier alpha value is -2.49. The van der Waals surface area contributed by atoms with Gasteiger partial charge in [0.05, 0.1) is 25.1 Å². The van der Waals surface area contributed by atoms with Crippen molar-refractivity contribution in [2.75, 3.05) is 18.6 Å². The third-order valence-electron chi connectivity index (χ3n) is 5.66. The van der Waals surface area contributed by atoms with Crippen molar-refractivity contribution in [1.82, 2.24) is 0 Å². The Labute approximate surface area is 201 Å². The zero-order valence-corrected chi connectivity index (χ0v) is 20.9. The van der Waals surface area contributed by atoms with Gasteiger partial charge in [-0.25, -0.2) is 0 Å². The van der Waals surface area contributed by atoms with Crippen molar-refractivity contribution in [3.8, 4) is 11.5 Å². The lowest BCUT2D eigenvalue weighted by Crippen LogP contribution is -2.03. The van der Waals surface area contributed by atoms with Crippen LogP contribution < -0.4 is 14.9 Å². The maximum Gasteiger partial charge on any atom is 0.161 e. The first-order valence-electron chi connectivity index (χ1n) is 13.1. The van der Waals surface area contributed by atoms with Crippen LogP contribution in [0.4, 0.5) is 5.69 Å². The van der Waals surface area contributed by atoms with Crippen LogP contribution in [0.2, 0.25) is 0 Å². The highest BCUT2D eigenvalue weighted by molar-refractivity contribution is 5.81. The average Bonchev–Trinajstić information content (AvgIpc) is 2.84. The first-order chi connectivity index (χ1) is 16.3. The standard InChI is InChI=1S/C29H44N2O2/c1-3-5-7-9-11-16-22-32-28-21-20-26(25-30-31-27-18-14-13-15-19-27)24-29(28)33-23-17-12-10-8-6-4-2/h13-15,18-21,24-25,31H,3-12,16-17,22-23H2,1-2H3. The van der Waals surface area contributed by atoms with Gasteiger partial charge >= 0.3 is 0 Å². The lowest BCUT2D eigenvalue weighted by molar-refractivity contribution is 0.258. The van der Waals surface area contributed by atoms with Crippen LogP contribution >= 0.6 is 0 Å². The van der Waals surface area contributed by atoms with E-state index >= 15 is 0 Å². The summed E-state index contributed by atoms with van der Waals surface area (Å²) >= 11 is 0. The van der Waals surface area contributed by atoms with Gasteiger partial charge in [0.2, 0.25) is 0 Å². The zero-order valence-electron chi connectivity index (χ0n) is 20.9. The van der Waals surface area contributed by atoms with E-state index in [1.54, 1.807) is 0 Å². The first kappa shape index (κ1) is 26.8. The van der Waals surface area contributed by atoms with E-state index in [1.807, 2.05) is 54.7 Å². The van der Waals surface area contributed by atoms with Gasteiger partial charge in [-0.05, 0) is 48.7 Å². The second-order valence-corrected chi connectivity index (χ2v) is 8.67. The zero-order chi connectivity index (χ0) is 23.4. The number of nitrogens with one attached hydrogen (secondary N) is 1. The largest absolute Gasteiger partial charge is 0.490 e. The summed E-state index contributed by atoms with van der Waals surface area (Å²) in [5, 5.41) is 4.36. The number of nitrogens with zero attached hydrogens (tertiary/aromatic N) is 1. The number of hydrogen-bond donors (Lipinski definition) is 1. The molecular weight excluding hydrogens is 408 g/mol. The monoisotopic (exact) mass is 452 g/mol. The third-order valence-corrected chi connectivity index (χ3v) is 5.66. The van der Waals surface area contributed by atoms with Gasteiger partial charge in [-0.1, -0.05) is 96.3 Å². The van der Waals surface area contributed by atoms with Crippen LogP contribution in [-0.4, -0.2) is 19.4 Å². The quantitative estimate of drug-likeness (QED) is 0.132. The van der Waals surface area contributed by atoms with E-state index in [0.717, 1.165) is 48.8 Å². The van der Waals surface area contributed by atoms with Crippen LogP contribution in [0.15, 0.2) is 53.6 Å². The lowest BCUT2D eigenvalue weighted by atomic mass is 10.1. The molecule has 0 aliphatic heterocycles. The SMILES string of the molecule is CCCCCCCCOc1ccc(C=NNc2ccccc2)cc1OCCCCCCCC. The molecule has 33 heavy (non-hydrogen) atoms. The molecule has 0 bridgehead atoms. The molecule has 0 heterocycles. The molecule has 2 aromatic carbocycles. The normalized spacial score (nSPS) is 11.1. The van der Waals surface area contributed by atoms with E-state index in [9.17, 15) is 0 Å². The van der Waals surface area contributed by atoms with Crippen molar-refractivity contribution < 1.29 is 9.47 Å². The molecule has 4 heteroatoms. The fraction of sp³-hybridized carbons (Fsp3) is 0.552. The summed E-state index contributed by atoms with van der Waals surface area (Å²) < 4.78 is 12.2. The van der Waals surface area contributed by atoms with Gasteiger partial charge in [0.15, 0.2) is 11.5 Å². The predicted octanol–water partition coefficient (Wildman–Crippen LogP) is 8.61. The fourth-order valence-electron chi connectivity index (χ4n) is 3.66. The molecule has 0 aliphatic carbocycles. The first-order valence-corrected chi connectivity index (χ1v) is 13.1. The number of unbranched alkanes of at least 4 members (excludes halogenated alkanes) is 10. The number of ether oxygens (including phenoxy) is 2. The number of hydrogen-bond acceptors (Lipinski definition) is 4. The molecular formula is C29H44N2O2. The lowest BCUT2D eigenvalue weighted by Gasteiger charge is -2.14. The molecule has 0 amide bonds. The van der Waals surface area contributed by atoms with Crippen molar-refractivity contribution in [1.29, 1.82) is 0 Å². The van der Waals surface area contributed by atoms with E-state index in [0.29, 0.717) is 0 Å². The fourth-order valence-corrected chi connectivity index (χ4v) is 3.66. The summed E-state index contributed by atoms with van der Waals surface area (Å²) in [4.78, 5) is 0. The Morgan fingerprint density at radius 3 is 1.88 bits per heavy atom. The predicted molar refractivity (Wildman–Crippen MR) is 142 cm³/mol. The Kier molecular flexibility index (Phi) is 14.6. The summed E-state index contributed by atoms with van der Waals surface area (Å²) in [6.45, 7) is 5.97. The molecule has 0 spiro atoms. The molecule has 4 nitrogen and oxygen atoms in total. The van der Waals surface area contributed by atoms with E-state index in [-0.39, 0.29) is 0 Å². The summed E-state index contributed by atoms with van der Waals surface area (Å²) in [7, 11) is 0. The van der Waals surface area contributed by atoms with Crippen molar-refractivity contribution in [2.24, 2.45) is 5.10 Å². The van der Waals surface area contributed by atoms with Crippen LogP contribution in [0.5, 0.6) is 11.5 Å². The molecule has 0 aliphatic rings. The molecule has 0 unspecified atom stereocenters. The molecule has 0 aromatic heterocycles. The molecule has 0 radical (unpaired) electrons. The molecule has 0 fully saturated rings. The highest BCUT2D eigenvalue weighted by Crippen LogP contribution is 2.29. The molecule has 2 aromatic rings. The Bertz CT molecular complexity index is 761. The maximum atomic E-state index is 6.15. The van der Waals surface area contributed by atoms with E-state index in [1.165, 1.54) is 64.2 Å². The van der Waals surface area contributed by atoms with Crippen LogP contribution in [0.25, 0.3) is 0 Å². The second kappa shape index (κ2) is 18.0. The van der Waals surface area contributed by atoms with Crippen LogP contribution in [0.1, 0.15) is 96.5 Å². The van der Waals surface area contributed by atoms with E-state index in [4.69, 9.17) is 9.47 Å². The Morgan fingerprint density at radius 2 is 1.24 bits per heavy atom. The number of hydrazone groups is 1. The summed E-state index contributed by atoms with van der Waals surface area (Å²) in [5.41, 5.74) is 5.02. The summed E-state index contributed by atoms with van der Waals surface area (Å²) in [6.07, 6.45) is 16.9. The second-order valence-electron chi connectivity index (χ2n) is 8.67. The minimum absolute atomic E-state index is 0.725. The molecule has 182 valence electrons. The maximum absolute atomic E-state index is 6.15. The van der Waals surface area contributed by atoms with Gasteiger partial charge in [-0.3, -0.25) is 5.43 Å². The highest BCUT2D eigenvalue weighted by Gasteiger charge is 2.07. The number of rotatable bonds is 19. The Balaban J connectivity index is 1.87. The van der Waals surface area contributed by atoms with Crippen molar-refractivity contribution in [2.45, 2.75) is 90.9 Å². The minimum Gasteiger partial charge on any atom is -0.490 e. The molecule has 0 saturated heterocycles. The van der Waals surface area contributed by atoms with Gasteiger partial charge in [0, 0.05) is 0 Å². The van der Waals surface area contributed by atoms with Gasteiger partial charge in [-0.15, -0.1) is 0 Å². The Morgan fingerprint density at radius 1 is 0.667 bits per heavy atom. The summed E-state index contributed by atoms with van der Waals surface area (Å²) in [5.74, 6) is 1.65. The molecule has 2 rings (SSSR count). The van der Waals surface area contributed by atoms with Crippen LogP contribution in [0.3, 0.4) is 0 Å². The van der Waals surface area contributed by atoms with Crippen LogP contribution in [-0.2, 0) is 0 Å². The van der Waals surface area contributed by atoms with Crippen molar-refractivity contribution >= 4 is 11.9 Å². The van der Waals surface area contributed by atoms with E-state index in [2.05, 4.69) is 24.4 Å². The molecule has 0 atom stereocenters. The van der Waals surface area contributed by atoms with Gasteiger partial charge in [0.25, 0.3) is 0 Å². The smallest absolute Gasteiger partial charge is 0.161 e. The topological polar surface area (TPSA) is 42.8 Å². The number of benzene rings is 2. The highest BCUT2D eigenvalue weighted by atomic mass is 16.5. The van der Waals surface area contributed by atoms with Gasteiger partial charge in [0.1, 0.15) is 0 Å². The minimum atomic E-state index is 0.725. The molecule has 0 saturated carbocycles. The van der Waals surface area contributed by atoms with E-state index < -0.39 is 0 Å². The average molecular weight is 453 g/mol. The van der Waals surface area contributed by atoms with Crippen molar-refractivity contribution in [3.63, 3.8) is 0 Å². The van der Waals surface area contributed by atoms with Gasteiger partial charge < -0.3 is 9.47 Å². The molecule has 1 N–H and O–H groups in total. The summed E-state index contributed by atoms with van der Waals surface area (Å²) in [6, 6.07) is 16.0. The van der Waals surface area contributed by atoms with Crippen LogP contribution in [0, 0.1) is 0 Å². The third kappa shape index (κ3) is 12.4. The van der Waals surface area contributed by atoms with Crippen molar-refractivity contribution in [3.05, 3.63) is 54.1 Å². The number of para-hydroxylation sites is 1. The number of anilines is 1.